The normalized spacial score (nSPS) is 10.4. The Kier molecular flexibility index (Phi) is 6.68. The molecule has 3 rings (SSSR count). The number of nitrogens with one attached hydrogen (secondary N) is 1. The largest absolute Gasteiger partial charge is 0.493 e. The Morgan fingerprint density at radius 3 is 2.29 bits per heavy atom. The summed E-state index contributed by atoms with van der Waals surface area (Å²) in [6.07, 6.45) is 1.45. The van der Waals surface area contributed by atoms with Gasteiger partial charge in [-0.15, -0.1) is 0 Å². The average Bonchev–Trinajstić information content (AvgIpc) is 2.74. The quantitative estimate of drug-likeness (QED) is 0.640. The fourth-order valence-corrected chi connectivity index (χ4v) is 3.16. The highest BCUT2D eigenvalue weighted by Crippen LogP contribution is 2.27. The van der Waals surface area contributed by atoms with Gasteiger partial charge in [0.25, 0.3) is 5.91 Å². The molecule has 0 atom stereocenters. The van der Waals surface area contributed by atoms with Crippen molar-refractivity contribution in [3.63, 3.8) is 0 Å². The van der Waals surface area contributed by atoms with Crippen LogP contribution in [0.1, 0.15) is 27.0 Å². The molecule has 4 nitrogen and oxygen atoms in total. The third-order valence-corrected chi connectivity index (χ3v) is 4.65. The van der Waals surface area contributed by atoms with Gasteiger partial charge in [-0.2, -0.15) is 0 Å². The number of hydrogen-bond acceptors (Lipinski definition) is 3. The van der Waals surface area contributed by atoms with Crippen LogP contribution in [0.2, 0.25) is 0 Å². The van der Waals surface area contributed by atoms with E-state index < -0.39 is 0 Å². The van der Waals surface area contributed by atoms with E-state index >= 15 is 0 Å². The van der Waals surface area contributed by atoms with Crippen LogP contribution in [-0.4, -0.2) is 26.7 Å². The Morgan fingerprint density at radius 2 is 1.54 bits per heavy atom. The van der Waals surface area contributed by atoms with Crippen molar-refractivity contribution in [3.05, 3.63) is 95.1 Å². The SMILES string of the molecule is COc1ccc(CCNC(=O)c2ccccc2Cc2ccccc2)cc1OC. The van der Waals surface area contributed by atoms with E-state index in [1.165, 1.54) is 5.56 Å². The van der Waals surface area contributed by atoms with Gasteiger partial charge in [0, 0.05) is 12.1 Å². The summed E-state index contributed by atoms with van der Waals surface area (Å²) in [5, 5.41) is 3.03. The maximum atomic E-state index is 12.7. The first-order valence-corrected chi connectivity index (χ1v) is 9.32. The second kappa shape index (κ2) is 9.60. The maximum absolute atomic E-state index is 12.7. The summed E-state index contributed by atoms with van der Waals surface area (Å²) in [4.78, 5) is 12.7. The van der Waals surface area contributed by atoms with E-state index in [0.29, 0.717) is 24.5 Å². The molecule has 1 amide bonds. The molecule has 0 aliphatic rings. The summed E-state index contributed by atoms with van der Waals surface area (Å²) >= 11 is 0. The minimum Gasteiger partial charge on any atom is -0.493 e. The third kappa shape index (κ3) is 4.92. The lowest BCUT2D eigenvalue weighted by Crippen LogP contribution is -2.26. The molecule has 0 aliphatic heterocycles. The van der Waals surface area contributed by atoms with Gasteiger partial charge in [-0.05, 0) is 47.7 Å². The molecule has 3 aromatic rings. The third-order valence-electron chi connectivity index (χ3n) is 4.65. The molecule has 28 heavy (non-hydrogen) atoms. The minimum atomic E-state index is -0.0491. The molecule has 0 spiro atoms. The average molecular weight is 375 g/mol. The van der Waals surface area contributed by atoms with E-state index in [1.807, 2.05) is 60.7 Å². The van der Waals surface area contributed by atoms with Gasteiger partial charge in [0.2, 0.25) is 0 Å². The van der Waals surface area contributed by atoms with Gasteiger partial charge in [-0.3, -0.25) is 4.79 Å². The van der Waals surface area contributed by atoms with Crippen LogP contribution in [0, 0.1) is 0 Å². The van der Waals surface area contributed by atoms with Crippen molar-refractivity contribution >= 4 is 5.91 Å². The summed E-state index contributed by atoms with van der Waals surface area (Å²) in [7, 11) is 3.23. The van der Waals surface area contributed by atoms with Crippen LogP contribution >= 0.6 is 0 Å². The zero-order valence-corrected chi connectivity index (χ0v) is 16.3. The van der Waals surface area contributed by atoms with Crippen molar-refractivity contribution in [1.29, 1.82) is 0 Å². The minimum absolute atomic E-state index is 0.0491. The standard InChI is InChI=1S/C24H25NO3/c1-27-22-13-12-19(17-23(22)28-2)14-15-25-24(26)21-11-7-6-10-20(21)16-18-8-4-3-5-9-18/h3-13,17H,14-16H2,1-2H3,(H,25,26). The van der Waals surface area contributed by atoms with Gasteiger partial charge >= 0.3 is 0 Å². The summed E-state index contributed by atoms with van der Waals surface area (Å²) in [6, 6.07) is 23.7. The highest BCUT2D eigenvalue weighted by Gasteiger charge is 2.11. The van der Waals surface area contributed by atoms with Crippen LogP contribution in [-0.2, 0) is 12.8 Å². The molecule has 0 radical (unpaired) electrons. The number of ether oxygens (including phenoxy) is 2. The van der Waals surface area contributed by atoms with Gasteiger partial charge < -0.3 is 14.8 Å². The Hall–Kier alpha value is -3.27. The first-order valence-electron chi connectivity index (χ1n) is 9.32. The number of methoxy groups -OCH3 is 2. The van der Waals surface area contributed by atoms with Crippen LogP contribution in [0.3, 0.4) is 0 Å². The molecule has 144 valence electrons. The maximum Gasteiger partial charge on any atom is 0.251 e. The molecule has 0 unspecified atom stereocenters. The molecule has 0 saturated heterocycles. The van der Waals surface area contributed by atoms with Gasteiger partial charge in [-0.25, -0.2) is 0 Å². The molecule has 0 aliphatic carbocycles. The number of benzene rings is 3. The number of carbonyl (C=O) groups excluding carboxylic acids is 1. The molecular formula is C24H25NO3. The van der Waals surface area contributed by atoms with E-state index in [2.05, 4.69) is 17.4 Å². The van der Waals surface area contributed by atoms with E-state index in [-0.39, 0.29) is 5.91 Å². The number of amides is 1. The van der Waals surface area contributed by atoms with E-state index in [1.54, 1.807) is 14.2 Å². The van der Waals surface area contributed by atoms with Crippen molar-refractivity contribution in [2.45, 2.75) is 12.8 Å². The molecule has 0 bridgehead atoms. The van der Waals surface area contributed by atoms with Crippen LogP contribution in [0.25, 0.3) is 0 Å². The second-order valence-corrected chi connectivity index (χ2v) is 6.51. The van der Waals surface area contributed by atoms with Crippen molar-refractivity contribution in [2.24, 2.45) is 0 Å². The fraction of sp³-hybridized carbons (Fsp3) is 0.208. The van der Waals surface area contributed by atoms with Crippen LogP contribution in [0.5, 0.6) is 11.5 Å². The molecule has 0 aromatic heterocycles. The number of carbonyl (C=O) groups is 1. The predicted octanol–water partition coefficient (Wildman–Crippen LogP) is 4.27. The highest BCUT2D eigenvalue weighted by atomic mass is 16.5. The summed E-state index contributed by atoms with van der Waals surface area (Å²) in [5.74, 6) is 1.34. The zero-order chi connectivity index (χ0) is 19.8. The fourth-order valence-electron chi connectivity index (χ4n) is 3.16. The molecule has 0 fully saturated rings. The summed E-state index contributed by atoms with van der Waals surface area (Å²) in [5.41, 5.74) is 4.01. The van der Waals surface area contributed by atoms with Crippen molar-refractivity contribution in [2.75, 3.05) is 20.8 Å². The number of rotatable bonds is 8. The van der Waals surface area contributed by atoms with Gasteiger partial charge in [0.15, 0.2) is 11.5 Å². The zero-order valence-electron chi connectivity index (χ0n) is 16.3. The molecular weight excluding hydrogens is 350 g/mol. The molecule has 0 saturated carbocycles. The van der Waals surface area contributed by atoms with Crippen molar-refractivity contribution in [3.8, 4) is 11.5 Å². The summed E-state index contributed by atoms with van der Waals surface area (Å²) in [6.45, 7) is 0.550. The topological polar surface area (TPSA) is 47.6 Å². The predicted molar refractivity (Wildman–Crippen MR) is 111 cm³/mol. The molecule has 0 heterocycles. The first kappa shape index (κ1) is 19.5. The molecule has 4 heteroatoms. The van der Waals surface area contributed by atoms with Crippen LogP contribution in [0.4, 0.5) is 0 Å². The first-order chi connectivity index (χ1) is 13.7. The van der Waals surface area contributed by atoms with Gasteiger partial charge in [0.1, 0.15) is 0 Å². The Balaban J connectivity index is 1.63. The van der Waals surface area contributed by atoms with Crippen molar-refractivity contribution < 1.29 is 14.3 Å². The van der Waals surface area contributed by atoms with Gasteiger partial charge in [0.05, 0.1) is 14.2 Å². The lowest BCUT2D eigenvalue weighted by atomic mass is 9.99. The summed E-state index contributed by atoms with van der Waals surface area (Å²) < 4.78 is 10.6. The highest BCUT2D eigenvalue weighted by molar-refractivity contribution is 5.95. The van der Waals surface area contributed by atoms with E-state index in [4.69, 9.17) is 9.47 Å². The lowest BCUT2D eigenvalue weighted by Gasteiger charge is -2.12. The number of hydrogen-bond donors (Lipinski definition) is 1. The van der Waals surface area contributed by atoms with Crippen LogP contribution < -0.4 is 14.8 Å². The lowest BCUT2D eigenvalue weighted by molar-refractivity contribution is 0.0953. The van der Waals surface area contributed by atoms with Crippen LogP contribution in [0.15, 0.2) is 72.8 Å². The molecule has 3 aromatic carbocycles. The Labute approximate surface area is 166 Å². The Bertz CT molecular complexity index is 922. The van der Waals surface area contributed by atoms with Crippen molar-refractivity contribution in [1.82, 2.24) is 5.32 Å². The van der Waals surface area contributed by atoms with E-state index in [9.17, 15) is 4.79 Å². The molecule has 1 N–H and O–H groups in total. The Morgan fingerprint density at radius 1 is 0.821 bits per heavy atom. The second-order valence-electron chi connectivity index (χ2n) is 6.51. The van der Waals surface area contributed by atoms with E-state index in [0.717, 1.165) is 23.1 Å². The monoisotopic (exact) mass is 375 g/mol. The smallest absolute Gasteiger partial charge is 0.251 e. The van der Waals surface area contributed by atoms with Gasteiger partial charge in [-0.1, -0.05) is 54.6 Å².